The summed E-state index contributed by atoms with van der Waals surface area (Å²) in [5.41, 5.74) is 17.2. The van der Waals surface area contributed by atoms with Crippen molar-refractivity contribution in [3.63, 3.8) is 0 Å². The van der Waals surface area contributed by atoms with E-state index in [1.54, 1.807) is 12.1 Å². The normalized spacial score (nSPS) is 10.9. The quantitative estimate of drug-likeness (QED) is 0.0685. The van der Waals surface area contributed by atoms with Crippen molar-refractivity contribution in [3.8, 4) is 12.1 Å². The largest absolute Gasteiger partial charge is 0.345 e. The number of hydrogen-bond donors (Lipinski definition) is 0. The lowest BCUT2D eigenvalue weighted by Crippen LogP contribution is -2.12. The smallest absolute Gasteiger partial charge is 0.271 e. The van der Waals surface area contributed by atoms with E-state index in [0.29, 0.717) is 11.1 Å². The fraction of sp³-hybridized carbons (Fsp3) is 0.0297. The Morgan fingerprint density at radius 2 is 0.455 bits per heavy atom. The number of hydrogen-bond acceptors (Lipinski definition) is 10. The van der Waals surface area contributed by atoms with Crippen molar-refractivity contribution in [2.75, 3.05) is 50.5 Å². The van der Waals surface area contributed by atoms with Gasteiger partial charge in [0.1, 0.15) is 0 Å². The van der Waals surface area contributed by atoms with Crippen LogP contribution in [-0.4, -0.2) is 26.1 Å². The van der Waals surface area contributed by atoms with Crippen molar-refractivity contribution in [3.05, 3.63) is 422 Å². The molecule has 0 saturated carbocycles. The topological polar surface area (TPSA) is 110 Å². The van der Waals surface area contributed by atoms with Crippen molar-refractivity contribution in [2.24, 2.45) is 0 Å². The molecular weight excluding hydrogens is 1370 g/mol. The molecule has 0 fully saturated rings. The van der Waals surface area contributed by atoms with Gasteiger partial charge in [-0.15, -0.1) is 0 Å². The van der Waals surface area contributed by atoms with Crippen LogP contribution in [0, 0.1) is 32.8 Å². The molecule has 0 unspecified atom stereocenters. The number of nitro benzene ring substituents is 1. The molecule has 0 atom stereocenters. The van der Waals surface area contributed by atoms with E-state index in [1.165, 1.54) is 70.7 Å². The van der Waals surface area contributed by atoms with Gasteiger partial charge in [-0.2, -0.15) is 10.5 Å². The summed E-state index contributed by atoms with van der Waals surface area (Å²) in [5.74, 6) is 0. The first-order chi connectivity index (χ1) is 55.0. The molecule has 112 heavy (non-hydrogen) atoms. The van der Waals surface area contributed by atoms with E-state index in [4.69, 9.17) is 5.26 Å². The van der Waals surface area contributed by atoms with Crippen molar-refractivity contribution in [1.29, 1.82) is 10.5 Å². The van der Waals surface area contributed by atoms with Crippen LogP contribution in [-0.2, 0) is 0 Å². The molecule has 11 heteroatoms. The zero-order valence-electron chi connectivity index (χ0n) is 61.9. The lowest BCUT2D eigenvalue weighted by Gasteiger charge is -2.29. The van der Waals surface area contributed by atoms with E-state index in [1.807, 2.05) is 80.6 Å². The molecule has 0 bridgehead atoms. The third-order valence-electron chi connectivity index (χ3n) is 20.7. The van der Waals surface area contributed by atoms with Crippen molar-refractivity contribution >= 4 is 156 Å². The highest BCUT2D eigenvalue weighted by Crippen LogP contribution is 2.47. The maximum atomic E-state index is 11.3. The molecule has 0 N–H and O–H groups in total. The Bertz CT molecular complexity index is 6280. The number of fused-ring (bicyclic) bond motifs is 6. The third-order valence-corrected chi connectivity index (χ3v) is 20.7. The van der Waals surface area contributed by atoms with E-state index >= 15 is 0 Å². The summed E-state index contributed by atoms with van der Waals surface area (Å²) in [5, 5.41) is 44.0. The van der Waals surface area contributed by atoms with Crippen LogP contribution in [0.15, 0.2) is 400 Å². The van der Waals surface area contributed by atoms with Gasteiger partial charge >= 0.3 is 0 Å². The second kappa shape index (κ2) is 32.0. The maximum Gasteiger partial charge on any atom is 0.271 e. The van der Waals surface area contributed by atoms with Crippen LogP contribution < -0.4 is 29.4 Å². The molecule has 0 heterocycles. The lowest BCUT2D eigenvalue weighted by atomic mass is 10.0. The van der Waals surface area contributed by atoms with Gasteiger partial charge in [0.25, 0.3) is 5.69 Å². The first-order valence-corrected chi connectivity index (χ1v) is 37.1. The Morgan fingerprint density at radius 1 is 0.232 bits per heavy atom. The Morgan fingerprint density at radius 3 is 0.732 bits per heavy atom. The molecular formula is C101H75N9O2. The minimum Gasteiger partial charge on any atom is -0.345 e. The fourth-order valence-electron chi connectivity index (χ4n) is 14.9. The van der Waals surface area contributed by atoms with Crippen LogP contribution in [0.3, 0.4) is 0 Å². The number of rotatable bonds is 16. The SMILES string of the molecule is CN(c1ccc(C#N)cc1)c1ccc(N(c2cccc3ccccc23)c2cccc3ccccc23)cc1.CN(c1ccc(N(c2cccc3ccccc23)c2cccc3ccccc23)cc1)c1cccc(C#N)c1.CN(c1ccc(N(c2cccc3ccccc23)c2cccc3ccccc23)cc1)c1cccc([N+](=O)[O-])c1. The van der Waals surface area contributed by atoms with Crippen LogP contribution in [0.5, 0.6) is 0 Å². The molecule has 0 spiro atoms. The summed E-state index contributed by atoms with van der Waals surface area (Å²) < 4.78 is 0. The average Bonchev–Trinajstić information content (AvgIpc) is 0.772. The highest BCUT2D eigenvalue weighted by Gasteiger charge is 2.23. The van der Waals surface area contributed by atoms with E-state index in [0.717, 1.165) is 85.3 Å². The summed E-state index contributed by atoms with van der Waals surface area (Å²) in [7, 11) is 5.99. The second-order valence-electron chi connectivity index (χ2n) is 27.3. The Hall–Kier alpha value is -15.3. The van der Waals surface area contributed by atoms with E-state index in [-0.39, 0.29) is 10.6 Å². The molecule has 0 aromatic heterocycles. The average molecular weight is 1450 g/mol. The fourth-order valence-corrected chi connectivity index (χ4v) is 14.9. The standard InChI is InChI=1S/2C34H25N3.C33H25N3O2/c1-36(30-14-6-9-25(23-30)24-35)28-19-21-29(22-20-28)37(33-17-7-12-26-10-2-4-15-31(26)33)34-18-8-13-27-11-3-5-16-32(27)34;1-36(28-18-16-25(24-35)17-19-28)29-20-22-30(23-21-29)37(33-14-6-10-26-8-2-4-12-31(26)33)34-15-7-11-27-9-3-5-13-32(27)34;1-34(28-13-8-14-29(23-28)36(37)38)26-19-21-27(22-20-26)35(32-17-6-11-24-9-2-4-15-30(24)32)33-18-7-12-25-10-3-5-16-31(25)33/h2*2-23H,1H3;2-23H,1H3. The van der Waals surface area contributed by atoms with Gasteiger partial charge in [0.2, 0.25) is 0 Å². The third kappa shape index (κ3) is 14.6. The molecule has 0 radical (unpaired) electrons. The monoisotopic (exact) mass is 1450 g/mol. The highest BCUT2D eigenvalue weighted by molar-refractivity contribution is 6.08. The summed E-state index contributed by atoms with van der Waals surface area (Å²) in [6.45, 7) is 0. The van der Waals surface area contributed by atoms with Gasteiger partial charge in [0, 0.05) is 117 Å². The number of non-ortho nitro benzene ring substituents is 1. The van der Waals surface area contributed by atoms with Crippen molar-refractivity contribution < 1.29 is 4.92 Å². The summed E-state index contributed by atoms with van der Waals surface area (Å²) in [6, 6.07) is 142. The minimum atomic E-state index is -0.368. The number of nitriles is 2. The molecule has 536 valence electrons. The van der Waals surface area contributed by atoms with E-state index in [2.05, 4.69) is 364 Å². The van der Waals surface area contributed by atoms with Gasteiger partial charge in [-0.05, 0) is 190 Å². The second-order valence-corrected chi connectivity index (χ2v) is 27.3. The molecule has 18 rings (SSSR count). The molecule has 0 aliphatic heterocycles. The number of anilines is 15. The van der Waals surface area contributed by atoms with Crippen LogP contribution in [0.25, 0.3) is 64.6 Å². The molecule has 11 nitrogen and oxygen atoms in total. The first kappa shape index (κ1) is 71.0. The molecule has 0 aliphatic carbocycles. The van der Waals surface area contributed by atoms with Crippen molar-refractivity contribution in [1.82, 2.24) is 0 Å². The number of nitrogens with zero attached hydrogens (tertiary/aromatic N) is 9. The molecule has 18 aromatic carbocycles. The summed E-state index contributed by atoms with van der Waals surface area (Å²) >= 11 is 0. The molecule has 0 saturated heterocycles. The molecule has 0 amide bonds. The lowest BCUT2D eigenvalue weighted by molar-refractivity contribution is -0.384. The number of benzene rings is 18. The highest BCUT2D eigenvalue weighted by atomic mass is 16.6. The summed E-state index contributed by atoms with van der Waals surface area (Å²) in [6.07, 6.45) is 0. The van der Waals surface area contributed by atoms with Crippen LogP contribution in [0.2, 0.25) is 0 Å². The van der Waals surface area contributed by atoms with Gasteiger partial charge in [0.15, 0.2) is 0 Å². The predicted molar refractivity (Wildman–Crippen MR) is 468 cm³/mol. The van der Waals surface area contributed by atoms with Crippen LogP contribution >= 0.6 is 0 Å². The Labute approximate surface area is 651 Å². The van der Waals surface area contributed by atoms with Gasteiger partial charge in [-0.3, -0.25) is 10.1 Å². The predicted octanol–water partition coefficient (Wildman–Crippen LogP) is 27.3. The zero-order chi connectivity index (χ0) is 76.4. The minimum absolute atomic E-state index is 0.0732. The van der Waals surface area contributed by atoms with E-state index < -0.39 is 0 Å². The Kier molecular flexibility index (Phi) is 20.3. The maximum absolute atomic E-state index is 11.3. The number of nitro groups is 1. The van der Waals surface area contributed by atoms with Gasteiger partial charge in [0.05, 0.1) is 62.3 Å². The summed E-state index contributed by atoms with van der Waals surface area (Å²) in [4.78, 5) is 24.1. The molecule has 18 aromatic rings. The van der Waals surface area contributed by atoms with Crippen LogP contribution in [0.4, 0.5) is 91.0 Å². The van der Waals surface area contributed by atoms with E-state index in [9.17, 15) is 15.4 Å². The van der Waals surface area contributed by atoms with Crippen molar-refractivity contribution in [2.45, 2.75) is 0 Å². The van der Waals surface area contributed by atoms with Crippen LogP contribution in [0.1, 0.15) is 11.1 Å². The molecule has 0 aliphatic rings. The van der Waals surface area contributed by atoms with Gasteiger partial charge in [-0.1, -0.05) is 231 Å². The van der Waals surface area contributed by atoms with Gasteiger partial charge < -0.3 is 29.4 Å². The Balaban J connectivity index is 0.000000127. The zero-order valence-corrected chi connectivity index (χ0v) is 61.9. The first-order valence-electron chi connectivity index (χ1n) is 37.1. The van der Waals surface area contributed by atoms with Gasteiger partial charge in [-0.25, -0.2) is 0 Å².